The highest BCUT2D eigenvalue weighted by molar-refractivity contribution is 6.32. The summed E-state index contributed by atoms with van der Waals surface area (Å²) in [5, 5.41) is 25.1. The predicted molar refractivity (Wildman–Crippen MR) is 117 cm³/mol. The highest BCUT2D eigenvalue weighted by Crippen LogP contribution is 2.50. The molecule has 3 atom stereocenters. The van der Waals surface area contributed by atoms with Crippen LogP contribution in [-0.2, 0) is 0 Å². The van der Waals surface area contributed by atoms with Gasteiger partial charge in [0.15, 0.2) is 0 Å². The van der Waals surface area contributed by atoms with Gasteiger partial charge in [0, 0.05) is 36.1 Å². The first-order valence-electron chi connectivity index (χ1n) is 9.79. The molecule has 2 aromatic carbocycles. The quantitative estimate of drug-likeness (QED) is 0.279. The van der Waals surface area contributed by atoms with Crippen LogP contribution >= 0.6 is 11.6 Å². The van der Waals surface area contributed by atoms with Crippen molar-refractivity contribution in [3.63, 3.8) is 0 Å². The molecule has 2 heterocycles. The van der Waals surface area contributed by atoms with Crippen LogP contribution in [0.4, 0.5) is 17.2 Å². The number of nitrogens with zero attached hydrogens (tertiary/aromatic N) is 4. The van der Waals surface area contributed by atoms with Crippen molar-refractivity contribution >= 4 is 39.7 Å². The second kappa shape index (κ2) is 7.38. The second-order valence-electron chi connectivity index (χ2n) is 8.00. The fraction of sp³-hybridized carbons (Fsp3) is 0.273. The molecular weight excluding hydrogens is 418 g/mol. The third-order valence-corrected chi connectivity index (χ3v) is 6.21. The molecule has 0 spiro atoms. The summed E-state index contributed by atoms with van der Waals surface area (Å²) in [6.07, 6.45) is 1.39. The molecule has 0 bridgehead atoms. The molecule has 9 heteroatoms. The van der Waals surface area contributed by atoms with Crippen molar-refractivity contribution < 1.29 is 10.0 Å². The molecule has 2 aliphatic rings. The number of piperidine rings is 1. The van der Waals surface area contributed by atoms with Gasteiger partial charge in [-0.1, -0.05) is 23.4 Å². The number of nitro groups is 1. The number of rotatable bonds is 3. The smallest absolute Gasteiger partial charge is 0.285 e. The van der Waals surface area contributed by atoms with E-state index in [1.165, 1.54) is 18.5 Å². The first-order valence-corrected chi connectivity index (χ1v) is 10.2. The minimum Gasteiger partial charge on any atom is -0.506 e. The summed E-state index contributed by atoms with van der Waals surface area (Å²) in [5.74, 6) is 8.11. The molecule has 0 amide bonds. The Morgan fingerprint density at radius 1 is 1.26 bits per heavy atom. The van der Waals surface area contributed by atoms with Crippen LogP contribution in [0.2, 0.25) is 5.02 Å². The SMILES string of the molecule is CN1C[C@@H]2[C@H](C#Cc3cc4ncnc(Nc5ccc(O)c(Cl)c5)c4cc3[N+](=O)[O-])[C@@H]2C1. The molecule has 2 N–H and O–H groups in total. The van der Waals surface area contributed by atoms with E-state index in [4.69, 9.17) is 11.6 Å². The topological polar surface area (TPSA) is 104 Å². The molecule has 31 heavy (non-hydrogen) atoms. The standard InChI is InChI=1S/C22H18ClN5O3/c1-27-9-16-14(17(16)10-27)4-2-12-6-19-15(8-20(12)28(30)31)22(25-11-24-19)26-13-3-5-21(29)18(23)7-13/h3,5-8,11,14,16-17,29H,9-10H2,1H3,(H,24,25,26)/t14-,16+,17-. The van der Waals surface area contributed by atoms with E-state index in [1.807, 2.05) is 0 Å². The van der Waals surface area contributed by atoms with E-state index in [1.54, 1.807) is 18.2 Å². The number of phenolic OH excluding ortho intramolecular Hbond substituents is 1. The summed E-state index contributed by atoms with van der Waals surface area (Å²) >= 11 is 5.96. The van der Waals surface area contributed by atoms with Gasteiger partial charge >= 0.3 is 0 Å². The largest absolute Gasteiger partial charge is 0.506 e. The van der Waals surface area contributed by atoms with Gasteiger partial charge < -0.3 is 15.3 Å². The summed E-state index contributed by atoms with van der Waals surface area (Å²) in [5.41, 5.74) is 1.41. The summed E-state index contributed by atoms with van der Waals surface area (Å²) in [6, 6.07) is 7.72. The van der Waals surface area contributed by atoms with Gasteiger partial charge in [-0.3, -0.25) is 10.1 Å². The zero-order valence-corrected chi connectivity index (χ0v) is 17.3. The van der Waals surface area contributed by atoms with Gasteiger partial charge in [0.05, 0.1) is 15.5 Å². The minimum atomic E-state index is -0.431. The lowest BCUT2D eigenvalue weighted by Crippen LogP contribution is -2.18. The van der Waals surface area contributed by atoms with Crippen molar-refractivity contribution in [3.8, 4) is 17.6 Å². The predicted octanol–water partition coefficient (Wildman–Crippen LogP) is 3.80. The van der Waals surface area contributed by atoms with Crippen LogP contribution in [0.3, 0.4) is 0 Å². The molecule has 8 nitrogen and oxygen atoms in total. The number of likely N-dealkylation sites (tertiary alicyclic amines) is 1. The maximum Gasteiger partial charge on any atom is 0.285 e. The molecule has 1 saturated heterocycles. The Morgan fingerprint density at radius 2 is 2.03 bits per heavy atom. The fourth-order valence-electron chi connectivity index (χ4n) is 4.28. The Bertz CT molecular complexity index is 1270. The molecule has 156 valence electrons. The molecule has 1 saturated carbocycles. The summed E-state index contributed by atoms with van der Waals surface area (Å²) in [7, 11) is 2.10. The molecule has 2 fully saturated rings. The zero-order valence-electron chi connectivity index (χ0n) is 16.5. The normalized spacial score (nSPS) is 21.9. The van der Waals surface area contributed by atoms with Crippen molar-refractivity contribution in [3.05, 3.63) is 57.4 Å². The van der Waals surface area contributed by atoms with E-state index in [0.717, 1.165) is 13.1 Å². The monoisotopic (exact) mass is 435 g/mol. The van der Waals surface area contributed by atoms with Crippen molar-refractivity contribution in [2.45, 2.75) is 0 Å². The van der Waals surface area contributed by atoms with Crippen molar-refractivity contribution in [2.24, 2.45) is 17.8 Å². The summed E-state index contributed by atoms with van der Waals surface area (Å²) < 4.78 is 0. The third-order valence-electron chi connectivity index (χ3n) is 5.91. The number of aromatic hydroxyl groups is 1. The van der Waals surface area contributed by atoms with Gasteiger partial charge in [0.2, 0.25) is 0 Å². The summed E-state index contributed by atoms with van der Waals surface area (Å²) in [4.78, 5) is 22.1. The highest BCUT2D eigenvalue weighted by atomic mass is 35.5. The van der Waals surface area contributed by atoms with Crippen molar-refractivity contribution in [2.75, 3.05) is 25.5 Å². The molecule has 5 rings (SSSR count). The number of anilines is 2. The van der Waals surface area contributed by atoms with E-state index >= 15 is 0 Å². The van der Waals surface area contributed by atoms with Crippen LogP contribution in [0.15, 0.2) is 36.7 Å². The molecule has 1 aliphatic heterocycles. The van der Waals surface area contributed by atoms with Crippen LogP contribution in [-0.4, -0.2) is 45.0 Å². The van der Waals surface area contributed by atoms with E-state index < -0.39 is 4.92 Å². The number of nitrogens with one attached hydrogen (secondary N) is 1. The Kier molecular flexibility index (Phi) is 4.65. The first-order chi connectivity index (χ1) is 14.9. The number of hydrogen-bond acceptors (Lipinski definition) is 7. The van der Waals surface area contributed by atoms with E-state index in [9.17, 15) is 15.2 Å². The highest BCUT2D eigenvalue weighted by Gasteiger charge is 2.54. The number of hydrogen-bond donors (Lipinski definition) is 2. The Balaban J connectivity index is 1.50. The number of benzene rings is 2. The molecule has 0 radical (unpaired) electrons. The molecule has 0 unspecified atom stereocenters. The first kappa shape index (κ1) is 19.5. The van der Waals surface area contributed by atoms with Crippen LogP contribution < -0.4 is 5.32 Å². The van der Waals surface area contributed by atoms with E-state index in [2.05, 4.69) is 39.1 Å². The maximum absolute atomic E-state index is 11.7. The molecule has 1 aliphatic carbocycles. The second-order valence-corrected chi connectivity index (χ2v) is 8.41. The minimum absolute atomic E-state index is 0.0370. The number of phenols is 1. The average molecular weight is 436 g/mol. The van der Waals surface area contributed by atoms with Gasteiger partial charge in [-0.15, -0.1) is 0 Å². The third kappa shape index (κ3) is 3.63. The number of aromatic nitrogens is 2. The van der Waals surface area contributed by atoms with Crippen LogP contribution in [0.5, 0.6) is 5.75 Å². The Labute approximate surface area is 183 Å². The number of halogens is 1. The van der Waals surface area contributed by atoms with Crippen LogP contribution in [0.1, 0.15) is 5.56 Å². The van der Waals surface area contributed by atoms with Gasteiger partial charge in [-0.25, -0.2) is 9.97 Å². The van der Waals surface area contributed by atoms with Gasteiger partial charge in [0.25, 0.3) is 5.69 Å². The number of nitro benzene ring substituents is 1. The van der Waals surface area contributed by atoms with Gasteiger partial charge in [-0.2, -0.15) is 0 Å². The fourth-order valence-corrected chi connectivity index (χ4v) is 4.46. The van der Waals surface area contributed by atoms with Crippen molar-refractivity contribution in [1.82, 2.24) is 14.9 Å². The van der Waals surface area contributed by atoms with Crippen LogP contribution in [0.25, 0.3) is 10.9 Å². The Hall–Kier alpha value is -3.41. The lowest BCUT2D eigenvalue weighted by molar-refractivity contribution is -0.385. The average Bonchev–Trinajstić information content (AvgIpc) is 3.20. The molecule has 3 aromatic rings. The van der Waals surface area contributed by atoms with Crippen molar-refractivity contribution in [1.29, 1.82) is 0 Å². The molecular formula is C22H18ClN5O3. The van der Waals surface area contributed by atoms with E-state index in [-0.39, 0.29) is 16.5 Å². The zero-order chi connectivity index (χ0) is 21.7. The maximum atomic E-state index is 11.7. The lowest BCUT2D eigenvalue weighted by atomic mass is 10.1. The van der Waals surface area contributed by atoms with Gasteiger partial charge in [0.1, 0.15) is 23.5 Å². The van der Waals surface area contributed by atoms with Gasteiger partial charge in [-0.05, 0) is 43.1 Å². The molecule has 1 aromatic heterocycles. The van der Waals surface area contributed by atoms with Crippen LogP contribution in [0, 0.1) is 39.7 Å². The summed E-state index contributed by atoms with van der Waals surface area (Å²) in [6.45, 7) is 2.07. The number of fused-ring (bicyclic) bond motifs is 2. The van der Waals surface area contributed by atoms with E-state index in [0.29, 0.717) is 45.7 Å². The lowest BCUT2D eigenvalue weighted by Gasteiger charge is -2.10. The Morgan fingerprint density at radius 3 is 2.74 bits per heavy atom.